The molecule has 2 aromatic carbocycles. The lowest BCUT2D eigenvalue weighted by atomic mass is 10.1. The lowest BCUT2D eigenvalue weighted by Crippen LogP contribution is -2.38. The van der Waals surface area contributed by atoms with Gasteiger partial charge in [-0.2, -0.15) is 0 Å². The molecule has 150 valence electrons. The highest BCUT2D eigenvalue weighted by atomic mass is 32.1. The molecule has 0 saturated heterocycles. The van der Waals surface area contributed by atoms with Gasteiger partial charge < -0.3 is 9.88 Å². The standard InChI is InChI=1S/C22H23FN4OS/c1-3-26(4-2)11-12-27(22-25-19-10-9-15(23)13-20(19)29-22)21(28)17-14-24-18-8-6-5-7-16(17)18/h5-10,13-14,24H,3-4,11-12H2,1-2H3. The molecule has 0 radical (unpaired) electrons. The number of thiazole rings is 1. The Morgan fingerprint density at radius 1 is 1.14 bits per heavy atom. The van der Waals surface area contributed by atoms with E-state index in [-0.39, 0.29) is 11.7 Å². The second kappa shape index (κ2) is 8.31. The molecule has 2 heterocycles. The first-order chi connectivity index (χ1) is 14.1. The van der Waals surface area contributed by atoms with E-state index in [0.29, 0.717) is 22.8 Å². The zero-order valence-electron chi connectivity index (χ0n) is 16.5. The van der Waals surface area contributed by atoms with Crippen molar-refractivity contribution < 1.29 is 9.18 Å². The minimum Gasteiger partial charge on any atom is -0.360 e. The largest absolute Gasteiger partial charge is 0.360 e. The molecule has 7 heteroatoms. The van der Waals surface area contributed by atoms with Crippen molar-refractivity contribution in [2.45, 2.75) is 13.8 Å². The summed E-state index contributed by atoms with van der Waals surface area (Å²) in [7, 11) is 0. The van der Waals surface area contributed by atoms with E-state index in [0.717, 1.165) is 35.2 Å². The summed E-state index contributed by atoms with van der Waals surface area (Å²) < 4.78 is 14.4. The highest BCUT2D eigenvalue weighted by Gasteiger charge is 2.24. The number of amides is 1. The summed E-state index contributed by atoms with van der Waals surface area (Å²) in [6.07, 6.45) is 1.75. The molecule has 29 heavy (non-hydrogen) atoms. The quantitative estimate of drug-likeness (QED) is 0.471. The Morgan fingerprint density at radius 2 is 1.93 bits per heavy atom. The van der Waals surface area contributed by atoms with Gasteiger partial charge in [-0.1, -0.05) is 43.4 Å². The first-order valence-corrected chi connectivity index (χ1v) is 10.6. The number of likely N-dealkylation sites (N-methyl/N-ethyl adjacent to an activating group) is 1. The van der Waals surface area contributed by atoms with Crippen LogP contribution in [0.2, 0.25) is 0 Å². The fraction of sp³-hybridized carbons (Fsp3) is 0.273. The first kappa shape index (κ1) is 19.5. The Morgan fingerprint density at radius 3 is 2.72 bits per heavy atom. The maximum absolute atomic E-state index is 13.6. The van der Waals surface area contributed by atoms with Gasteiger partial charge in [-0.3, -0.25) is 9.69 Å². The van der Waals surface area contributed by atoms with Crippen LogP contribution in [0.3, 0.4) is 0 Å². The summed E-state index contributed by atoms with van der Waals surface area (Å²) in [6.45, 7) is 7.30. The van der Waals surface area contributed by atoms with Gasteiger partial charge >= 0.3 is 0 Å². The number of H-pyrrole nitrogens is 1. The van der Waals surface area contributed by atoms with Crippen LogP contribution < -0.4 is 4.90 Å². The molecular formula is C22H23FN4OS. The van der Waals surface area contributed by atoms with E-state index < -0.39 is 0 Å². The van der Waals surface area contributed by atoms with Crippen molar-refractivity contribution in [2.75, 3.05) is 31.1 Å². The Bertz CT molecular complexity index is 1150. The average Bonchev–Trinajstić information content (AvgIpc) is 3.34. The van der Waals surface area contributed by atoms with Crippen LogP contribution in [-0.4, -0.2) is 47.0 Å². The van der Waals surface area contributed by atoms with Crippen LogP contribution in [0.5, 0.6) is 0 Å². The Balaban J connectivity index is 1.73. The van der Waals surface area contributed by atoms with Crippen molar-refractivity contribution in [1.82, 2.24) is 14.9 Å². The van der Waals surface area contributed by atoms with Gasteiger partial charge in [0.05, 0.1) is 15.8 Å². The van der Waals surface area contributed by atoms with Crippen molar-refractivity contribution in [3.05, 3.63) is 60.0 Å². The fourth-order valence-corrected chi connectivity index (χ4v) is 4.48. The van der Waals surface area contributed by atoms with E-state index in [1.54, 1.807) is 17.2 Å². The zero-order valence-corrected chi connectivity index (χ0v) is 17.3. The number of carbonyl (C=O) groups is 1. The molecule has 0 aliphatic heterocycles. The Hall–Kier alpha value is -2.77. The number of rotatable bonds is 7. The highest BCUT2D eigenvalue weighted by molar-refractivity contribution is 7.22. The van der Waals surface area contributed by atoms with Gasteiger partial charge in [-0.15, -0.1) is 0 Å². The third-order valence-electron chi connectivity index (χ3n) is 5.17. The van der Waals surface area contributed by atoms with Gasteiger partial charge in [0.15, 0.2) is 5.13 Å². The van der Waals surface area contributed by atoms with E-state index in [9.17, 15) is 9.18 Å². The molecule has 4 aromatic rings. The van der Waals surface area contributed by atoms with Crippen LogP contribution in [0.1, 0.15) is 24.2 Å². The van der Waals surface area contributed by atoms with E-state index in [1.165, 1.54) is 23.5 Å². The van der Waals surface area contributed by atoms with Gasteiger partial charge in [0.1, 0.15) is 5.82 Å². The zero-order chi connectivity index (χ0) is 20.4. The Kier molecular flexibility index (Phi) is 5.60. The van der Waals surface area contributed by atoms with Crippen molar-refractivity contribution >= 4 is 43.5 Å². The third kappa shape index (κ3) is 3.88. The topological polar surface area (TPSA) is 52.2 Å². The van der Waals surface area contributed by atoms with Crippen LogP contribution in [0.4, 0.5) is 9.52 Å². The molecule has 1 N–H and O–H groups in total. The second-order valence-electron chi connectivity index (χ2n) is 6.84. The van der Waals surface area contributed by atoms with Crippen molar-refractivity contribution in [3.8, 4) is 0 Å². The molecule has 0 atom stereocenters. The van der Waals surface area contributed by atoms with Crippen LogP contribution in [-0.2, 0) is 0 Å². The molecule has 1 amide bonds. The number of nitrogens with zero attached hydrogens (tertiary/aromatic N) is 3. The predicted molar refractivity (Wildman–Crippen MR) is 117 cm³/mol. The van der Waals surface area contributed by atoms with Gasteiger partial charge in [0.2, 0.25) is 0 Å². The monoisotopic (exact) mass is 410 g/mol. The van der Waals surface area contributed by atoms with Crippen LogP contribution in [0.25, 0.3) is 21.1 Å². The second-order valence-corrected chi connectivity index (χ2v) is 7.85. The summed E-state index contributed by atoms with van der Waals surface area (Å²) in [4.78, 5) is 25.3. The van der Waals surface area contributed by atoms with Crippen molar-refractivity contribution in [3.63, 3.8) is 0 Å². The van der Waals surface area contributed by atoms with Gasteiger partial charge in [-0.25, -0.2) is 9.37 Å². The molecule has 0 aliphatic carbocycles. The normalized spacial score (nSPS) is 11.6. The van der Waals surface area contributed by atoms with Crippen LogP contribution in [0.15, 0.2) is 48.7 Å². The van der Waals surface area contributed by atoms with Crippen LogP contribution in [0, 0.1) is 5.82 Å². The molecule has 0 spiro atoms. The maximum Gasteiger partial charge on any atom is 0.262 e. The molecular weight excluding hydrogens is 387 g/mol. The summed E-state index contributed by atoms with van der Waals surface area (Å²) in [5, 5.41) is 1.48. The lowest BCUT2D eigenvalue weighted by molar-refractivity contribution is 0.0985. The minimum atomic E-state index is -0.301. The smallest absolute Gasteiger partial charge is 0.262 e. The van der Waals surface area contributed by atoms with E-state index in [2.05, 4.69) is 28.7 Å². The summed E-state index contributed by atoms with van der Waals surface area (Å²) in [6, 6.07) is 12.3. The van der Waals surface area contributed by atoms with Gasteiger partial charge in [-0.05, 0) is 37.4 Å². The number of halogens is 1. The van der Waals surface area contributed by atoms with Crippen molar-refractivity contribution in [1.29, 1.82) is 0 Å². The number of aromatic nitrogens is 2. The Labute approximate surface area is 172 Å². The first-order valence-electron chi connectivity index (χ1n) is 9.77. The molecule has 0 saturated carbocycles. The number of para-hydroxylation sites is 1. The molecule has 0 fully saturated rings. The number of aromatic amines is 1. The van der Waals surface area contributed by atoms with Gasteiger partial charge in [0, 0.05) is 30.2 Å². The van der Waals surface area contributed by atoms with Crippen molar-refractivity contribution in [2.24, 2.45) is 0 Å². The average molecular weight is 411 g/mol. The van der Waals surface area contributed by atoms with E-state index >= 15 is 0 Å². The molecule has 2 aromatic heterocycles. The van der Waals surface area contributed by atoms with Gasteiger partial charge in [0.25, 0.3) is 5.91 Å². The third-order valence-corrected chi connectivity index (χ3v) is 6.21. The molecule has 0 aliphatic rings. The number of anilines is 1. The lowest BCUT2D eigenvalue weighted by Gasteiger charge is -2.24. The highest BCUT2D eigenvalue weighted by Crippen LogP contribution is 2.31. The number of hydrogen-bond acceptors (Lipinski definition) is 4. The number of benzene rings is 2. The molecule has 5 nitrogen and oxygen atoms in total. The SMILES string of the molecule is CCN(CC)CCN(C(=O)c1c[nH]c2ccccc12)c1nc2ccc(F)cc2s1. The van der Waals surface area contributed by atoms with E-state index in [4.69, 9.17) is 0 Å². The summed E-state index contributed by atoms with van der Waals surface area (Å²) in [5.74, 6) is -0.403. The predicted octanol–water partition coefficient (Wildman–Crippen LogP) is 4.91. The fourth-order valence-electron chi connectivity index (χ4n) is 3.46. The molecule has 0 unspecified atom stereocenters. The van der Waals surface area contributed by atoms with E-state index in [1.807, 2.05) is 24.3 Å². The maximum atomic E-state index is 13.6. The molecule has 0 bridgehead atoms. The number of nitrogens with one attached hydrogen (secondary N) is 1. The summed E-state index contributed by atoms with van der Waals surface area (Å²) in [5.41, 5.74) is 2.24. The van der Waals surface area contributed by atoms with Crippen LogP contribution >= 0.6 is 11.3 Å². The number of fused-ring (bicyclic) bond motifs is 2. The number of hydrogen-bond donors (Lipinski definition) is 1. The number of carbonyl (C=O) groups excluding carboxylic acids is 1. The summed E-state index contributed by atoms with van der Waals surface area (Å²) >= 11 is 1.34. The minimum absolute atomic E-state index is 0.103. The molecule has 4 rings (SSSR count).